The number of rotatable bonds is 5. The summed E-state index contributed by atoms with van der Waals surface area (Å²) in [7, 11) is 0. The zero-order chi connectivity index (χ0) is 16.1. The van der Waals surface area contributed by atoms with Gasteiger partial charge in [-0.1, -0.05) is 0 Å². The zero-order valence-corrected chi connectivity index (χ0v) is 12.9. The quantitative estimate of drug-likeness (QED) is 0.844. The van der Waals surface area contributed by atoms with Crippen molar-refractivity contribution in [3.8, 4) is 0 Å². The third kappa shape index (κ3) is 4.43. The molecule has 22 heavy (non-hydrogen) atoms. The number of piperidine rings is 1. The number of nitrogens with two attached hydrogens (primary N) is 1. The number of carbonyl (C=O) groups is 2. The van der Waals surface area contributed by atoms with Crippen LogP contribution in [0.3, 0.4) is 0 Å². The van der Waals surface area contributed by atoms with Crippen molar-refractivity contribution in [2.75, 3.05) is 12.3 Å². The second kappa shape index (κ2) is 7.58. The van der Waals surface area contributed by atoms with E-state index in [4.69, 9.17) is 5.73 Å². The fraction of sp³-hybridized carbons (Fsp3) is 0.467. The molecule has 1 fully saturated rings. The summed E-state index contributed by atoms with van der Waals surface area (Å²) in [5.74, 6) is -2.24. The molecule has 1 atom stereocenters. The third-order valence-electron chi connectivity index (χ3n) is 3.64. The molecule has 4 nitrogen and oxygen atoms in total. The number of likely N-dealkylation sites (tertiary alicyclic amines) is 1. The molecule has 1 aromatic carbocycles. The second-order valence-corrected chi connectivity index (χ2v) is 6.32. The van der Waals surface area contributed by atoms with Gasteiger partial charge < -0.3 is 10.6 Å². The van der Waals surface area contributed by atoms with Crippen LogP contribution in [0.1, 0.15) is 25.7 Å². The summed E-state index contributed by atoms with van der Waals surface area (Å²) in [5, 5.41) is 0. The molecule has 1 unspecified atom stereocenters. The molecule has 120 valence electrons. The molecule has 0 saturated carbocycles. The smallest absolute Gasteiger partial charge is 0.233 e. The van der Waals surface area contributed by atoms with E-state index in [2.05, 4.69) is 0 Å². The van der Waals surface area contributed by atoms with Gasteiger partial charge in [-0.2, -0.15) is 0 Å². The molecule has 1 heterocycles. The van der Waals surface area contributed by atoms with Gasteiger partial charge in [0.15, 0.2) is 11.6 Å². The van der Waals surface area contributed by atoms with Crippen LogP contribution in [0.15, 0.2) is 23.1 Å². The molecule has 2 amide bonds. The van der Waals surface area contributed by atoms with Crippen molar-refractivity contribution >= 4 is 23.6 Å². The van der Waals surface area contributed by atoms with Gasteiger partial charge in [0.25, 0.3) is 0 Å². The Morgan fingerprint density at radius 3 is 2.73 bits per heavy atom. The lowest BCUT2D eigenvalue weighted by Crippen LogP contribution is -2.46. The van der Waals surface area contributed by atoms with Gasteiger partial charge in [0.2, 0.25) is 11.8 Å². The maximum Gasteiger partial charge on any atom is 0.233 e. The van der Waals surface area contributed by atoms with E-state index in [0.717, 1.165) is 43.2 Å². The van der Waals surface area contributed by atoms with Crippen LogP contribution in [0.4, 0.5) is 8.78 Å². The minimum absolute atomic E-state index is 0.110. The van der Waals surface area contributed by atoms with Crippen molar-refractivity contribution < 1.29 is 18.4 Å². The van der Waals surface area contributed by atoms with Gasteiger partial charge in [-0.25, -0.2) is 8.78 Å². The lowest BCUT2D eigenvalue weighted by molar-refractivity contribution is -0.133. The zero-order valence-electron chi connectivity index (χ0n) is 12.1. The van der Waals surface area contributed by atoms with Crippen LogP contribution in [-0.4, -0.2) is 35.1 Å². The minimum atomic E-state index is -0.929. The Balaban J connectivity index is 1.94. The number of benzene rings is 1. The lowest BCUT2D eigenvalue weighted by Gasteiger charge is -2.35. The number of hydrogen-bond acceptors (Lipinski definition) is 3. The predicted molar refractivity (Wildman–Crippen MR) is 80.2 cm³/mol. The van der Waals surface area contributed by atoms with Crippen molar-refractivity contribution in [1.29, 1.82) is 0 Å². The molecule has 1 aromatic rings. The number of amides is 2. The lowest BCUT2D eigenvalue weighted by atomic mass is 9.99. The van der Waals surface area contributed by atoms with Gasteiger partial charge in [0.05, 0.1) is 5.75 Å². The highest BCUT2D eigenvalue weighted by molar-refractivity contribution is 8.00. The highest BCUT2D eigenvalue weighted by Crippen LogP contribution is 2.24. The van der Waals surface area contributed by atoms with E-state index in [0.29, 0.717) is 11.4 Å². The first-order valence-corrected chi connectivity index (χ1v) is 8.11. The van der Waals surface area contributed by atoms with Crippen molar-refractivity contribution in [3.63, 3.8) is 0 Å². The van der Waals surface area contributed by atoms with Crippen LogP contribution in [0.2, 0.25) is 0 Å². The Morgan fingerprint density at radius 2 is 2.05 bits per heavy atom. The minimum Gasteiger partial charge on any atom is -0.370 e. The summed E-state index contributed by atoms with van der Waals surface area (Å²) in [4.78, 5) is 25.6. The van der Waals surface area contributed by atoms with Crippen LogP contribution >= 0.6 is 11.8 Å². The van der Waals surface area contributed by atoms with Gasteiger partial charge in [-0.15, -0.1) is 11.8 Å². The van der Waals surface area contributed by atoms with E-state index in [1.165, 1.54) is 6.07 Å². The number of hydrogen-bond donors (Lipinski definition) is 1. The Morgan fingerprint density at radius 1 is 1.27 bits per heavy atom. The fourth-order valence-electron chi connectivity index (χ4n) is 2.57. The van der Waals surface area contributed by atoms with Gasteiger partial charge in [0, 0.05) is 23.9 Å². The van der Waals surface area contributed by atoms with Gasteiger partial charge in [-0.05, 0) is 37.5 Å². The largest absolute Gasteiger partial charge is 0.370 e. The van der Waals surface area contributed by atoms with E-state index in [-0.39, 0.29) is 24.1 Å². The predicted octanol–water partition coefficient (Wildman–Crippen LogP) is 2.31. The number of nitrogens with zero attached hydrogens (tertiary/aromatic N) is 1. The highest BCUT2D eigenvalue weighted by atomic mass is 32.2. The van der Waals surface area contributed by atoms with E-state index >= 15 is 0 Å². The van der Waals surface area contributed by atoms with Crippen LogP contribution in [0.5, 0.6) is 0 Å². The molecule has 7 heteroatoms. The number of halogens is 2. The van der Waals surface area contributed by atoms with Crippen LogP contribution < -0.4 is 5.73 Å². The summed E-state index contributed by atoms with van der Waals surface area (Å²) in [6.07, 6.45) is 2.81. The second-order valence-electron chi connectivity index (χ2n) is 5.27. The molecule has 1 saturated heterocycles. The Labute approximate surface area is 132 Å². The molecule has 2 rings (SSSR count). The molecule has 0 spiro atoms. The summed E-state index contributed by atoms with van der Waals surface area (Å²) in [6, 6.07) is 3.40. The van der Waals surface area contributed by atoms with Crippen molar-refractivity contribution in [2.24, 2.45) is 5.73 Å². The molecule has 1 aliphatic rings. The summed E-state index contributed by atoms with van der Waals surface area (Å²) in [6.45, 7) is 0.606. The molecule has 0 bridgehead atoms. The van der Waals surface area contributed by atoms with Crippen molar-refractivity contribution in [3.05, 3.63) is 29.8 Å². The first-order chi connectivity index (χ1) is 10.5. The van der Waals surface area contributed by atoms with E-state index in [1.54, 1.807) is 4.90 Å². The number of primary amides is 1. The molecule has 0 radical (unpaired) electrons. The molecule has 0 aromatic heterocycles. The third-order valence-corrected chi connectivity index (χ3v) is 4.62. The normalized spacial score (nSPS) is 18.3. The Hall–Kier alpha value is -1.63. The van der Waals surface area contributed by atoms with E-state index in [1.807, 2.05) is 0 Å². The Kier molecular flexibility index (Phi) is 5.76. The van der Waals surface area contributed by atoms with Crippen LogP contribution in [-0.2, 0) is 9.59 Å². The summed E-state index contributed by atoms with van der Waals surface area (Å²) in [5.41, 5.74) is 5.22. The van der Waals surface area contributed by atoms with Crippen LogP contribution in [0, 0.1) is 11.6 Å². The van der Waals surface area contributed by atoms with Crippen molar-refractivity contribution in [2.45, 2.75) is 36.6 Å². The van der Waals surface area contributed by atoms with E-state index < -0.39 is 17.5 Å². The molecule has 1 aliphatic heterocycles. The first-order valence-electron chi connectivity index (χ1n) is 7.13. The summed E-state index contributed by atoms with van der Waals surface area (Å²) < 4.78 is 26.0. The molecule has 0 aliphatic carbocycles. The topological polar surface area (TPSA) is 63.4 Å². The fourth-order valence-corrected chi connectivity index (χ4v) is 3.37. The van der Waals surface area contributed by atoms with Gasteiger partial charge in [-0.3, -0.25) is 9.59 Å². The SMILES string of the molecule is NC(=O)CC1CCCCN1C(=O)CSc1ccc(F)c(F)c1. The molecular weight excluding hydrogens is 310 g/mol. The van der Waals surface area contributed by atoms with Crippen molar-refractivity contribution in [1.82, 2.24) is 4.90 Å². The Bertz CT molecular complexity index is 568. The molecule has 2 N–H and O–H groups in total. The molecular formula is C15H18F2N2O2S. The monoisotopic (exact) mass is 328 g/mol. The average Bonchev–Trinajstić information content (AvgIpc) is 2.48. The maximum atomic E-state index is 13.1. The van der Waals surface area contributed by atoms with Gasteiger partial charge >= 0.3 is 0 Å². The van der Waals surface area contributed by atoms with Crippen LogP contribution in [0.25, 0.3) is 0 Å². The number of thioether (sulfide) groups is 1. The van der Waals surface area contributed by atoms with Gasteiger partial charge in [0.1, 0.15) is 0 Å². The highest BCUT2D eigenvalue weighted by Gasteiger charge is 2.27. The number of carbonyl (C=O) groups excluding carboxylic acids is 2. The summed E-state index contributed by atoms with van der Waals surface area (Å²) >= 11 is 1.15. The standard InChI is InChI=1S/C15H18F2N2O2S/c16-12-5-4-11(8-13(12)17)22-9-15(21)19-6-2-1-3-10(19)7-14(18)20/h4-5,8,10H,1-3,6-7,9H2,(H2,18,20). The first kappa shape index (κ1) is 16.7. The maximum absolute atomic E-state index is 13.1. The van der Waals surface area contributed by atoms with E-state index in [9.17, 15) is 18.4 Å². The average molecular weight is 328 g/mol.